The third-order valence-electron chi connectivity index (χ3n) is 5.92. The van der Waals surface area contributed by atoms with Crippen LogP contribution < -0.4 is 5.73 Å². The zero-order valence-electron chi connectivity index (χ0n) is 17.4. The van der Waals surface area contributed by atoms with Crippen molar-refractivity contribution in [2.24, 2.45) is 5.73 Å². The van der Waals surface area contributed by atoms with Gasteiger partial charge < -0.3 is 5.73 Å². The Morgan fingerprint density at radius 1 is 1.15 bits per heavy atom. The van der Waals surface area contributed by atoms with Crippen molar-refractivity contribution >= 4 is 0 Å². The number of benzene rings is 1. The average molecular weight is 367 g/mol. The highest BCUT2D eigenvalue weighted by Gasteiger charge is 2.33. The molecule has 1 aromatic heterocycles. The van der Waals surface area contributed by atoms with Gasteiger partial charge in [0.05, 0.1) is 0 Å². The van der Waals surface area contributed by atoms with Crippen LogP contribution in [-0.4, -0.2) is 48.5 Å². The molecule has 0 saturated heterocycles. The van der Waals surface area contributed by atoms with Crippen molar-refractivity contribution < 1.29 is 0 Å². The van der Waals surface area contributed by atoms with E-state index in [0.29, 0.717) is 18.6 Å². The lowest BCUT2D eigenvalue weighted by Gasteiger charge is -2.43. The summed E-state index contributed by atoms with van der Waals surface area (Å²) in [5, 5.41) is 0. The first-order chi connectivity index (χ1) is 12.8. The highest BCUT2D eigenvalue weighted by Crippen LogP contribution is 2.38. The summed E-state index contributed by atoms with van der Waals surface area (Å²) < 4.78 is 0. The molecule has 2 N–H and O–H groups in total. The van der Waals surface area contributed by atoms with E-state index in [1.54, 1.807) is 0 Å². The third-order valence-corrected chi connectivity index (χ3v) is 5.92. The molecule has 0 radical (unpaired) electrons. The Morgan fingerprint density at radius 2 is 1.85 bits per heavy atom. The molecule has 0 saturated carbocycles. The maximum Gasteiger partial charge on any atom is 0.0475 e. The van der Waals surface area contributed by atoms with E-state index in [0.717, 1.165) is 19.5 Å². The summed E-state index contributed by atoms with van der Waals surface area (Å²) in [6.45, 7) is 9.52. The number of aromatic nitrogens is 1. The number of fused-ring (bicyclic) bond motifs is 1. The largest absolute Gasteiger partial charge is 0.329 e. The first kappa shape index (κ1) is 20.0. The SMILES string of the molecule is CN(CCc1ccncc1)C1CN(C)C(CN)c2cc(C(C)(C)C)ccc21. The van der Waals surface area contributed by atoms with Gasteiger partial charge in [-0.1, -0.05) is 39.0 Å². The van der Waals surface area contributed by atoms with E-state index in [-0.39, 0.29) is 5.41 Å². The maximum atomic E-state index is 6.16. The van der Waals surface area contributed by atoms with Crippen LogP contribution in [0.15, 0.2) is 42.7 Å². The lowest BCUT2D eigenvalue weighted by molar-refractivity contribution is 0.132. The molecule has 3 rings (SSSR count). The van der Waals surface area contributed by atoms with Crippen molar-refractivity contribution in [3.63, 3.8) is 0 Å². The van der Waals surface area contributed by atoms with Crippen molar-refractivity contribution in [2.75, 3.05) is 33.7 Å². The van der Waals surface area contributed by atoms with Crippen LogP contribution in [0.1, 0.15) is 55.1 Å². The second-order valence-electron chi connectivity index (χ2n) is 8.89. The number of hydrogen-bond donors (Lipinski definition) is 1. The number of nitrogens with two attached hydrogens (primary N) is 1. The fourth-order valence-electron chi connectivity index (χ4n) is 4.06. The number of hydrogen-bond acceptors (Lipinski definition) is 4. The van der Waals surface area contributed by atoms with E-state index >= 15 is 0 Å². The molecule has 1 aliphatic rings. The Hall–Kier alpha value is -1.75. The normalized spacial score (nSPS) is 20.7. The Labute approximate surface area is 164 Å². The molecule has 2 atom stereocenters. The quantitative estimate of drug-likeness (QED) is 0.879. The standard InChI is InChI=1S/C23H34N4/c1-23(2,3)18-6-7-19-20(14-18)21(15-24)27(5)16-22(19)26(4)13-10-17-8-11-25-12-9-17/h6-9,11-12,14,21-22H,10,13,15-16,24H2,1-5H3. The van der Waals surface area contributed by atoms with Crippen LogP contribution in [0.5, 0.6) is 0 Å². The predicted molar refractivity (Wildman–Crippen MR) is 113 cm³/mol. The highest BCUT2D eigenvalue weighted by atomic mass is 15.2. The average Bonchev–Trinajstić information content (AvgIpc) is 2.65. The van der Waals surface area contributed by atoms with Gasteiger partial charge in [0, 0.05) is 44.1 Å². The van der Waals surface area contributed by atoms with E-state index in [2.05, 4.69) is 80.0 Å². The highest BCUT2D eigenvalue weighted by molar-refractivity contribution is 5.41. The minimum Gasteiger partial charge on any atom is -0.329 e. The van der Waals surface area contributed by atoms with Gasteiger partial charge >= 0.3 is 0 Å². The summed E-state index contributed by atoms with van der Waals surface area (Å²) in [5.74, 6) is 0. The molecule has 27 heavy (non-hydrogen) atoms. The zero-order valence-corrected chi connectivity index (χ0v) is 17.4. The monoisotopic (exact) mass is 366 g/mol. The molecule has 0 amide bonds. The van der Waals surface area contributed by atoms with Crippen LogP contribution >= 0.6 is 0 Å². The van der Waals surface area contributed by atoms with Crippen LogP contribution in [0, 0.1) is 0 Å². The van der Waals surface area contributed by atoms with E-state index in [1.807, 2.05) is 12.4 Å². The third kappa shape index (κ3) is 4.40. The van der Waals surface area contributed by atoms with E-state index in [4.69, 9.17) is 5.73 Å². The van der Waals surface area contributed by atoms with Gasteiger partial charge in [0.25, 0.3) is 0 Å². The van der Waals surface area contributed by atoms with Crippen LogP contribution in [0.4, 0.5) is 0 Å². The first-order valence-electron chi connectivity index (χ1n) is 9.95. The molecule has 2 unspecified atom stereocenters. The Balaban J connectivity index is 1.86. The van der Waals surface area contributed by atoms with Gasteiger partial charge in [-0.2, -0.15) is 0 Å². The summed E-state index contributed by atoms with van der Waals surface area (Å²) >= 11 is 0. The van der Waals surface area contributed by atoms with Gasteiger partial charge in [-0.3, -0.25) is 14.8 Å². The maximum absolute atomic E-state index is 6.16. The molecule has 2 aromatic rings. The van der Waals surface area contributed by atoms with Crippen LogP contribution in [0.25, 0.3) is 0 Å². The van der Waals surface area contributed by atoms with Crippen molar-refractivity contribution in [1.29, 1.82) is 0 Å². The van der Waals surface area contributed by atoms with Crippen LogP contribution in [-0.2, 0) is 11.8 Å². The first-order valence-corrected chi connectivity index (χ1v) is 9.95. The lowest BCUT2D eigenvalue weighted by Crippen LogP contribution is -2.44. The molecule has 1 aliphatic heterocycles. The smallest absolute Gasteiger partial charge is 0.0475 e. The zero-order chi connectivity index (χ0) is 19.6. The second kappa shape index (κ2) is 8.09. The van der Waals surface area contributed by atoms with Gasteiger partial charge in [0.2, 0.25) is 0 Å². The molecule has 2 heterocycles. The van der Waals surface area contributed by atoms with Gasteiger partial charge in [-0.05, 0) is 60.3 Å². The molecule has 0 bridgehead atoms. The summed E-state index contributed by atoms with van der Waals surface area (Å²) in [7, 11) is 4.44. The van der Waals surface area contributed by atoms with Crippen molar-refractivity contribution in [2.45, 2.75) is 44.7 Å². The minimum absolute atomic E-state index is 0.146. The van der Waals surface area contributed by atoms with Crippen molar-refractivity contribution in [3.8, 4) is 0 Å². The van der Waals surface area contributed by atoms with Crippen molar-refractivity contribution in [1.82, 2.24) is 14.8 Å². The van der Waals surface area contributed by atoms with Crippen LogP contribution in [0.2, 0.25) is 0 Å². The Kier molecular flexibility index (Phi) is 5.99. The predicted octanol–water partition coefficient (Wildman–Crippen LogP) is 3.54. The Morgan fingerprint density at radius 3 is 2.48 bits per heavy atom. The molecular weight excluding hydrogens is 332 g/mol. The molecule has 4 nitrogen and oxygen atoms in total. The lowest BCUT2D eigenvalue weighted by atomic mass is 9.81. The molecule has 4 heteroatoms. The van der Waals surface area contributed by atoms with Gasteiger partial charge in [0.15, 0.2) is 0 Å². The molecule has 1 aromatic carbocycles. The van der Waals surface area contributed by atoms with E-state index < -0.39 is 0 Å². The minimum atomic E-state index is 0.146. The summed E-state index contributed by atoms with van der Waals surface area (Å²) in [6, 6.07) is 12.0. The fourth-order valence-corrected chi connectivity index (χ4v) is 4.06. The summed E-state index contributed by atoms with van der Waals surface area (Å²) in [4.78, 5) is 9.02. The number of rotatable bonds is 5. The molecule has 0 spiro atoms. The number of pyridine rings is 1. The second-order valence-corrected chi connectivity index (χ2v) is 8.89. The topological polar surface area (TPSA) is 45.4 Å². The van der Waals surface area contributed by atoms with Gasteiger partial charge in [0.1, 0.15) is 0 Å². The summed E-state index contributed by atoms with van der Waals surface area (Å²) in [6.07, 6.45) is 4.78. The van der Waals surface area contributed by atoms with Crippen molar-refractivity contribution in [3.05, 3.63) is 65.0 Å². The molecular formula is C23H34N4. The van der Waals surface area contributed by atoms with E-state index in [9.17, 15) is 0 Å². The molecule has 146 valence electrons. The summed E-state index contributed by atoms with van der Waals surface area (Å²) in [5.41, 5.74) is 11.9. The van der Waals surface area contributed by atoms with Crippen LogP contribution in [0.3, 0.4) is 0 Å². The van der Waals surface area contributed by atoms with Gasteiger partial charge in [-0.15, -0.1) is 0 Å². The fraction of sp³-hybridized carbons (Fsp3) is 0.522. The number of nitrogens with zero attached hydrogens (tertiary/aromatic N) is 3. The number of likely N-dealkylation sites (N-methyl/N-ethyl adjacent to an activating group) is 2. The molecule has 0 fully saturated rings. The molecule has 0 aliphatic carbocycles. The van der Waals surface area contributed by atoms with E-state index in [1.165, 1.54) is 22.3 Å². The Bertz CT molecular complexity index is 751. The van der Waals surface area contributed by atoms with Gasteiger partial charge in [-0.25, -0.2) is 0 Å².